The van der Waals surface area contributed by atoms with Gasteiger partial charge in [-0.3, -0.25) is 10.1 Å². The number of nitro groups is 1. The molecule has 7 nitrogen and oxygen atoms in total. The van der Waals surface area contributed by atoms with Crippen LogP contribution in [0.1, 0.15) is 11.1 Å². The molecule has 2 aromatic carbocycles. The molecular formula is C19H14N2O5. The second-order valence-electron chi connectivity index (χ2n) is 5.27. The molecule has 0 N–H and O–H groups in total. The van der Waals surface area contributed by atoms with Crippen molar-refractivity contribution in [2.45, 2.75) is 0 Å². The molecule has 1 aliphatic rings. The third-order valence-corrected chi connectivity index (χ3v) is 3.59. The minimum Gasteiger partial charge on any atom is -0.490 e. The fourth-order valence-electron chi connectivity index (χ4n) is 2.33. The summed E-state index contributed by atoms with van der Waals surface area (Å²) in [6.07, 6.45) is 5.04. The van der Waals surface area contributed by atoms with Gasteiger partial charge in [0, 0.05) is 11.6 Å². The standard InChI is InChI=1S/C19H14N2O5/c1-25-17-11-10-14(12-16(17)21(23)24)18-20-15(19(22)26-18)9-5-8-13-6-3-2-4-7-13/h2-12H,1H3/b8-5+,15-9-. The maximum Gasteiger partial charge on any atom is 0.363 e. The van der Waals surface area contributed by atoms with Gasteiger partial charge in [-0.2, -0.15) is 0 Å². The topological polar surface area (TPSA) is 91.0 Å². The monoisotopic (exact) mass is 350 g/mol. The summed E-state index contributed by atoms with van der Waals surface area (Å²) in [5.41, 5.74) is 1.18. The van der Waals surface area contributed by atoms with E-state index in [0.717, 1.165) is 5.56 Å². The van der Waals surface area contributed by atoms with Crippen LogP contribution in [0.4, 0.5) is 5.69 Å². The maximum atomic E-state index is 11.9. The Kier molecular flexibility index (Phi) is 4.89. The minimum absolute atomic E-state index is 0.0140. The molecule has 0 spiro atoms. The van der Waals surface area contributed by atoms with Crippen LogP contribution in [0.5, 0.6) is 5.75 Å². The van der Waals surface area contributed by atoms with Gasteiger partial charge in [-0.15, -0.1) is 0 Å². The maximum absolute atomic E-state index is 11.9. The Hall–Kier alpha value is -3.74. The number of cyclic esters (lactones) is 1. The number of nitrogens with zero attached hydrogens (tertiary/aromatic N) is 2. The number of carbonyl (C=O) groups is 1. The highest BCUT2D eigenvalue weighted by molar-refractivity contribution is 6.11. The Balaban J connectivity index is 1.86. The molecule has 0 saturated carbocycles. The molecule has 0 amide bonds. The van der Waals surface area contributed by atoms with E-state index in [2.05, 4.69) is 4.99 Å². The number of rotatable bonds is 5. The summed E-state index contributed by atoms with van der Waals surface area (Å²) in [7, 11) is 1.34. The Morgan fingerprint density at radius 2 is 1.96 bits per heavy atom. The molecular weight excluding hydrogens is 336 g/mol. The van der Waals surface area contributed by atoms with Crippen molar-refractivity contribution in [3.63, 3.8) is 0 Å². The zero-order valence-electron chi connectivity index (χ0n) is 13.8. The van der Waals surface area contributed by atoms with Gasteiger partial charge in [-0.1, -0.05) is 42.5 Å². The predicted molar refractivity (Wildman–Crippen MR) is 95.8 cm³/mol. The van der Waals surface area contributed by atoms with Crippen molar-refractivity contribution in [3.05, 3.63) is 87.6 Å². The predicted octanol–water partition coefficient (Wildman–Crippen LogP) is 3.50. The summed E-state index contributed by atoms with van der Waals surface area (Å²) in [6.45, 7) is 0. The fraction of sp³-hybridized carbons (Fsp3) is 0.0526. The molecule has 1 heterocycles. The van der Waals surface area contributed by atoms with E-state index in [1.54, 1.807) is 12.1 Å². The van der Waals surface area contributed by atoms with E-state index < -0.39 is 10.9 Å². The van der Waals surface area contributed by atoms with Gasteiger partial charge in [0.1, 0.15) is 0 Å². The Morgan fingerprint density at radius 3 is 2.65 bits per heavy atom. The van der Waals surface area contributed by atoms with E-state index in [-0.39, 0.29) is 23.0 Å². The molecule has 1 aliphatic heterocycles. The number of methoxy groups -OCH3 is 1. The van der Waals surface area contributed by atoms with Crippen LogP contribution in [0.3, 0.4) is 0 Å². The number of esters is 1. The third kappa shape index (κ3) is 3.67. The molecule has 0 aromatic heterocycles. The van der Waals surface area contributed by atoms with Crippen LogP contribution in [-0.4, -0.2) is 23.9 Å². The van der Waals surface area contributed by atoms with E-state index in [1.165, 1.54) is 25.3 Å². The number of aliphatic imine (C=N–C) groups is 1. The normalized spacial score (nSPS) is 15.2. The number of carbonyl (C=O) groups excluding carboxylic acids is 1. The number of allylic oxidation sites excluding steroid dienone is 2. The second-order valence-corrected chi connectivity index (χ2v) is 5.27. The quantitative estimate of drug-likeness (QED) is 0.356. The van der Waals surface area contributed by atoms with Crippen LogP contribution in [0, 0.1) is 10.1 Å². The average molecular weight is 350 g/mol. The molecule has 26 heavy (non-hydrogen) atoms. The Bertz CT molecular complexity index is 946. The first-order valence-electron chi connectivity index (χ1n) is 7.65. The number of hydrogen-bond donors (Lipinski definition) is 0. The van der Waals surface area contributed by atoms with Crippen LogP contribution >= 0.6 is 0 Å². The molecule has 2 aromatic rings. The van der Waals surface area contributed by atoms with Crippen molar-refractivity contribution >= 4 is 23.6 Å². The van der Waals surface area contributed by atoms with Crippen LogP contribution in [0.25, 0.3) is 6.08 Å². The number of nitro benzene ring substituents is 1. The highest BCUT2D eigenvalue weighted by atomic mass is 16.6. The van der Waals surface area contributed by atoms with Crippen molar-refractivity contribution in [2.75, 3.05) is 7.11 Å². The zero-order valence-corrected chi connectivity index (χ0v) is 13.8. The first kappa shape index (κ1) is 17.1. The van der Waals surface area contributed by atoms with Crippen molar-refractivity contribution < 1.29 is 19.2 Å². The molecule has 3 rings (SSSR count). The molecule has 0 unspecified atom stereocenters. The summed E-state index contributed by atoms with van der Waals surface area (Å²) < 4.78 is 10.1. The molecule has 0 saturated heterocycles. The Morgan fingerprint density at radius 1 is 1.19 bits per heavy atom. The lowest BCUT2D eigenvalue weighted by Crippen LogP contribution is -2.06. The van der Waals surface area contributed by atoms with Gasteiger partial charge in [0.25, 0.3) is 0 Å². The highest BCUT2D eigenvalue weighted by Crippen LogP contribution is 2.29. The van der Waals surface area contributed by atoms with E-state index in [0.29, 0.717) is 5.56 Å². The van der Waals surface area contributed by atoms with E-state index in [9.17, 15) is 14.9 Å². The van der Waals surface area contributed by atoms with Crippen LogP contribution in [-0.2, 0) is 9.53 Å². The van der Waals surface area contributed by atoms with Gasteiger partial charge in [-0.05, 0) is 23.8 Å². The fourth-order valence-corrected chi connectivity index (χ4v) is 2.33. The van der Waals surface area contributed by atoms with Crippen LogP contribution in [0.15, 0.2) is 71.4 Å². The summed E-state index contributed by atoms with van der Waals surface area (Å²) >= 11 is 0. The lowest BCUT2D eigenvalue weighted by molar-refractivity contribution is -0.385. The number of benzene rings is 2. The number of hydrogen-bond acceptors (Lipinski definition) is 6. The molecule has 0 atom stereocenters. The smallest absolute Gasteiger partial charge is 0.363 e. The first-order valence-corrected chi connectivity index (χ1v) is 7.65. The zero-order chi connectivity index (χ0) is 18.5. The van der Waals surface area contributed by atoms with Gasteiger partial charge in [0.2, 0.25) is 5.90 Å². The summed E-state index contributed by atoms with van der Waals surface area (Å²) in [4.78, 5) is 26.6. The van der Waals surface area contributed by atoms with Crippen molar-refractivity contribution in [1.82, 2.24) is 0 Å². The Labute approximate surface area is 149 Å². The molecule has 7 heteroatoms. The van der Waals surface area contributed by atoms with Gasteiger partial charge < -0.3 is 9.47 Å². The van der Waals surface area contributed by atoms with Crippen molar-refractivity contribution in [3.8, 4) is 5.75 Å². The SMILES string of the molecule is COc1ccc(C2=N/C(=C\C=C\c3ccccc3)C(=O)O2)cc1[N+](=O)[O-]. The lowest BCUT2D eigenvalue weighted by atomic mass is 10.2. The lowest BCUT2D eigenvalue weighted by Gasteiger charge is -2.03. The summed E-state index contributed by atoms with van der Waals surface area (Å²) in [6, 6.07) is 13.8. The molecule has 0 aliphatic carbocycles. The van der Waals surface area contributed by atoms with Crippen LogP contribution in [0.2, 0.25) is 0 Å². The highest BCUT2D eigenvalue weighted by Gasteiger charge is 2.26. The molecule has 0 radical (unpaired) electrons. The van der Waals surface area contributed by atoms with Crippen molar-refractivity contribution in [1.29, 1.82) is 0 Å². The third-order valence-electron chi connectivity index (χ3n) is 3.59. The second kappa shape index (κ2) is 7.43. The van der Waals surface area contributed by atoms with Crippen LogP contribution < -0.4 is 4.74 Å². The summed E-state index contributed by atoms with van der Waals surface area (Å²) in [5.74, 6) is -0.485. The molecule has 0 fully saturated rings. The largest absolute Gasteiger partial charge is 0.490 e. The van der Waals surface area contributed by atoms with Gasteiger partial charge in [0.15, 0.2) is 11.4 Å². The minimum atomic E-state index is -0.615. The van der Waals surface area contributed by atoms with E-state index in [1.807, 2.05) is 36.4 Å². The van der Waals surface area contributed by atoms with Crippen molar-refractivity contribution in [2.24, 2.45) is 4.99 Å². The molecule has 0 bridgehead atoms. The van der Waals surface area contributed by atoms with Gasteiger partial charge in [-0.25, -0.2) is 9.79 Å². The van der Waals surface area contributed by atoms with Gasteiger partial charge >= 0.3 is 11.7 Å². The van der Waals surface area contributed by atoms with E-state index in [4.69, 9.17) is 9.47 Å². The first-order chi connectivity index (χ1) is 12.6. The molecule has 130 valence electrons. The number of ether oxygens (including phenoxy) is 2. The summed E-state index contributed by atoms with van der Waals surface area (Å²) in [5, 5.41) is 11.1. The van der Waals surface area contributed by atoms with Gasteiger partial charge in [0.05, 0.1) is 12.0 Å². The average Bonchev–Trinajstić information content (AvgIpc) is 3.03. The van der Waals surface area contributed by atoms with E-state index >= 15 is 0 Å².